The molecule has 2 rings (SSSR count). The number of nitrogens with zero attached hydrogens (tertiary/aromatic N) is 2. The highest BCUT2D eigenvalue weighted by atomic mass is 15.3. The van der Waals surface area contributed by atoms with Gasteiger partial charge in [0.2, 0.25) is 0 Å². The summed E-state index contributed by atoms with van der Waals surface area (Å²) in [6.07, 6.45) is 1.03. The molecule has 1 aromatic heterocycles. The zero-order valence-corrected chi connectivity index (χ0v) is 13.9. The van der Waals surface area contributed by atoms with Gasteiger partial charge in [0.1, 0.15) is 0 Å². The third kappa shape index (κ3) is 3.53. The first kappa shape index (κ1) is 15.8. The van der Waals surface area contributed by atoms with E-state index in [1.54, 1.807) is 0 Å². The third-order valence-electron chi connectivity index (χ3n) is 3.88. The van der Waals surface area contributed by atoms with Gasteiger partial charge in [-0.25, -0.2) is 4.68 Å². The number of aromatic nitrogens is 2. The lowest BCUT2D eigenvalue weighted by molar-refractivity contribution is 0.551. The predicted molar refractivity (Wildman–Crippen MR) is 89.0 cm³/mol. The Morgan fingerprint density at radius 1 is 1.19 bits per heavy atom. The Hall–Kier alpha value is -1.61. The molecule has 0 unspecified atom stereocenters. The number of nitrogens with one attached hydrogen (secondary N) is 1. The Balaban J connectivity index is 2.32. The van der Waals surface area contributed by atoms with Gasteiger partial charge in [0.15, 0.2) is 0 Å². The lowest BCUT2D eigenvalue weighted by Gasteiger charge is -2.13. The van der Waals surface area contributed by atoms with Crippen molar-refractivity contribution in [3.8, 4) is 5.69 Å². The third-order valence-corrected chi connectivity index (χ3v) is 3.88. The summed E-state index contributed by atoms with van der Waals surface area (Å²) in [5.74, 6) is 0.664. The minimum Gasteiger partial charge on any atom is -0.312 e. The highest BCUT2D eigenvalue weighted by Crippen LogP contribution is 2.21. The van der Waals surface area contributed by atoms with Crippen molar-refractivity contribution in [2.45, 2.75) is 47.6 Å². The fourth-order valence-corrected chi connectivity index (χ4v) is 2.78. The summed E-state index contributed by atoms with van der Waals surface area (Å²) < 4.78 is 2.10. The molecule has 0 saturated carbocycles. The predicted octanol–water partition coefficient (Wildman–Crippen LogP) is 3.80. The topological polar surface area (TPSA) is 29.9 Å². The van der Waals surface area contributed by atoms with E-state index < -0.39 is 0 Å². The quantitative estimate of drug-likeness (QED) is 0.875. The molecule has 0 saturated heterocycles. The normalized spacial score (nSPS) is 11.3. The van der Waals surface area contributed by atoms with E-state index in [0.717, 1.165) is 25.2 Å². The summed E-state index contributed by atoms with van der Waals surface area (Å²) >= 11 is 0. The van der Waals surface area contributed by atoms with Crippen LogP contribution in [0, 0.1) is 19.8 Å². The maximum atomic E-state index is 4.74. The Morgan fingerprint density at radius 3 is 2.52 bits per heavy atom. The minimum absolute atomic E-state index is 0.664. The van der Waals surface area contributed by atoms with Gasteiger partial charge in [-0.15, -0.1) is 0 Å². The van der Waals surface area contributed by atoms with E-state index in [9.17, 15) is 0 Å². The molecular weight excluding hydrogens is 258 g/mol. The molecule has 0 fully saturated rings. The van der Waals surface area contributed by atoms with Gasteiger partial charge in [0.05, 0.1) is 11.4 Å². The zero-order chi connectivity index (χ0) is 15.4. The monoisotopic (exact) mass is 285 g/mol. The lowest BCUT2D eigenvalue weighted by atomic mass is 10.1. The molecule has 1 aromatic carbocycles. The van der Waals surface area contributed by atoms with Crippen LogP contribution in [-0.2, 0) is 13.0 Å². The minimum atomic E-state index is 0.664. The van der Waals surface area contributed by atoms with E-state index in [2.05, 4.69) is 68.9 Å². The summed E-state index contributed by atoms with van der Waals surface area (Å²) in [5.41, 5.74) is 6.24. The Bertz CT molecular complexity index is 597. The van der Waals surface area contributed by atoms with E-state index in [0.29, 0.717) is 5.92 Å². The molecular formula is C18H27N3. The van der Waals surface area contributed by atoms with Crippen LogP contribution in [0.1, 0.15) is 43.3 Å². The number of hydrogen-bond donors (Lipinski definition) is 1. The number of benzene rings is 1. The average Bonchev–Trinajstić information content (AvgIpc) is 2.73. The molecule has 0 aliphatic rings. The molecule has 3 nitrogen and oxygen atoms in total. The molecule has 0 amide bonds. The second kappa shape index (κ2) is 6.90. The summed E-state index contributed by atoms with van der Waals surface area (Å²) in [6.45, 7) is 12.8. The smallest absolute Gasteiger partial charge is 0.0693 e. The number of rotatable bonds is 6. The van der Waals surface area contributed by atoms with Gasteiger partial charge in [-0.05, 0) is 49.9 Å². The first-order valence-electron chi connectivity index (χ1n) is 7.88. The molecule has 1 N–H and O–H groups in total. The molecule has 1 heterocycles. The van der Waals surface area contributed by atoms with Crippen molar-refractivity contribution in [2.24, 2.45) is 5.92 Å². The SMILES string of the molecule is CCc1c(C)nn(-c2ccccc2CNCC(C)C)c1C. The van der Waals surface area contributed by atoms with E-state index >= 15 is 0 Å². The Morgan fingerprint density at radius 2 is 1.90 bits per heavy atom. The van der Waals surface area contributed by atoms with Crippen molar-refractivity contribution in [3.05, 3.63) is 46.8 Å². The van der Waals surface area contributed by atoms with Gasteiger partial charge in [-0.2, -0.15) is 5.10 Å². The van der Waals surface area contributed by atoms with Gasteiger partial charge >= 0.3 is 0 Å². The number of aryl methyl sites for hydroxylation is 1. The van der Waals surface area contributed by atoms with Gasteiger partial charge in [0.25, 0.3) is 0 Å². The molecule has 0 aliphatic heterocycles. The molecule has 21 heavy (non-hydrogen) atoms. The fourth-order valence-electron chi connectivity index (χ4n) is 2.78. The van der Waals surface area contributed by atoms with Crippen LogP contribution in [0.3, 0.4) is 0 Å². The Labute approximate surface area is 128 Å². The van der Waals surface area contributed by atoms with Crippen LogP contribution < -0.4 is 5.32 Å². The standard InChI is InChI=1S/C18H27N3/c1-6-17-14(4)20-21(15(17)5)18-10-8-7-9-16(18)12-19-11-13(2)3/h7-10,13,19H,6,11-12H2,1-5H3. The van der Waals surface area contributed by atoms with E-state index in [1.807, 2.05) is 0 Å². The molecule has 114 valence electrons. The van der Waals surface area contributed by atoms with Gasteiger partial charge in [0, 0.05) is 12.2 Å². The molecule has 0 aliphatic carbocycles. The summed E-state index contributed by atoms with van der Waals surface area (Å²) in [5, 5.41) is 8.27. The van der Waals surface area contributed by atoms with E-state index in [-0.39, 0.29) is 0 Å². The molecule has 3 heteroatoms. The first-order valence-corrected chi connectivity index (χ1v) is 7.88. The molecule has 0 spiro atoms. The van der Waals surface area contributed by atoms with Crippen molar-refractivity contribution >= 4 is 0 Å². The van der Waals surface area contributed by atoms with Gasteiger partial charge in [-0.1, -0.05) is 39.0 Å². The van der Waals surface area contributed by atoms with Crippen molar-refractivity contribution in [1.29, 1.82) is 0 Å². The van der Waals surface area contributed by atoms with Gasteiger partial charge in [-0.3, -0.25) is 0 Å². The largest absolute Gasteiger partial charge is 0.312 e. The van der Waals surface area contributed by atoms with E-state index in [1.165, 1.54) is 22.5 Å². The van der Waals surface area contributed by atoms with Gasteiger partial charge < -0.3 is 5.32 Å². The summed E-state index contributed by atoms with van der Waals surface area (Å²) in [6, 6.07) is 8.53. The van der Waals surface area contributed by atoms with Crippen molar-refractivity contribution in [2.75, 3.05) is 6.54 Å². The van der Waals surface area contributed by atoms with Crippen LogP contribution in [0.5, 0.6) is 0 Å². The highest BCUT2D eigenvalue weighted by molar-refractivity contribution is 5.43. The maximum absolute atomic E-state index is 4.74. The molecule has 2 aromatic rings. The van der Waals surface area contributed by atoms with Crippen LogP contribution in [0.4, 0.5) is 0 Å². The van der Waals surface area contributed by atoms with Crippen LogP contribution in [-0.4, -0.2) is 16.3 Å². The van der Waals surface area contributed by atoms with E-state index in [4.69, 9.17) is 5.10 Å². The van der Waals surface area contributed by atoms with Crippen LogP contribution in [0.25, 0.3) is 5.69 Å². The maximum Gasteiger partial charge on any atom is 0.0693 e. The van der Waals surface area contributed by atoms with Crippen LogP contribution >= 0.6 is 0 Å². The Kier molecular flexibility index (Phi) is 5.18. The van der Waals surface area contributed by atoms with Crippen molar-refractivity contribution < 1.29 is 0 Å². The number of para-hydroxylation sites is 1. The molecule has 0 radical (unpaired) electrons. The van der Waals surface area contributed by atoms with Crippen molar-refractivity contribution in [3.63, 3.8) is 0 Å². The van der Waals surface area contributed by atoms with Crippen molar-refractivity contribution in [1.82, 2.24) is 15.1 Å². The lowest BCUT2D eigenvalue weighted by Crippen LogP contribution is -2.20. The van der Waals surface area contributed by atoms with Crippen LogP contribution in [0.15, 0.2) is 24.3 Å². The molecule has 0 bridgehead atoms. The first-order chi connectivity index (χ1) is 10.0. The molecule has 0 atom stereocenters. The number of hydrogen-bond acceptors (Lipinski definition) is 2. The average molecular weight is 285 g/mol. The second-order valence-electron chi connectivity index (χ2n) is 6.07. The summed E-state index contributed by atoms with van der Waals surface area (Å²) in [4.78, 5) is 0. The highest BCUT2D eigenvalue weighted by Gasteiger charge is 2.13. The summed E-state index contributed by atoms with van der Waals surface area (Å²) in [7, 11) is 0. The fraction of sp³-hybridized carbons (Fsp3) is 0.500. The van der Waals surface area contributed by atoms with Crippen LogP contribution in [0.2, 0.25) is 0 Å². The zero-order valence-electron chi connectivity index (χ0n) is 13.9. The second-order valence-corrected chi connectivity index (χ2v) is 6.07.